The lowest BCUT2D eigenvalue weighted by Gasteiger charge is -2.19. The van der Waals surface area contributed by atoms with Crippen molar-refractivity contribution in [2.75, 3.05) is 25.5 Å². The van der Waals surface area contributed by atoms with Crippen LogP contribution in [0.25, 0.3) is 11.2 Å². The van der Waals surface area contributed by atoms with Gasteiger partial charge in [0.1, 0.15) is 19.5 Å². The number of halogens is 1. The van der Waals surface area contributed by atoms with Crippen LogP contribution in [0.15, 0.2) is 28.5 Å². The Morgan fingerprint density at radius 2 is 2.03 bits per heavy atom. The van der Waals surface area contributed by atoms with E-state index in [0.29, 0.717) is 43.3 Å². The van der Waals surface area contributed by atoms with Gasteiger partial charge in [0.05, 0.1) is 0 Å². The highest BCUT2D eigenvalue weighted by atomic mass is 127. The molecule has 30 heavy (non-hydrogen) atoms. The van der Waals surface area contributed by atoms with E-state index in [1.165, 1.54) is 18.1 Å². The standard InChI is InChI=1S/C19H19IN6O3S/c20-11-7-12-13(29-6-5-28-12)8-14(11)30-19-25-15-16(21)23-9-24-17(15)26(19)4-3-22-18(27)10-1-2-10/h7-10H,1-6H2,(H,22,27)(H2,21,23,24). The number of nitrogens with two attached hydrogens (primary N) is 1. The van der Waals surface area contributed by atoms with E-state index in [0.717, 1.165) is 38.0 Å². The van der Waals surface area contributed by atoms with Crippen molar-refractivity contribution >= 4 is 57.2 Å². The number of carbonyl (C=O) groups is 1. The number of rotatable bonds is 6. The van der Waals surface area contributed by atoms with E-state index in [1.807, 2.05) is 16.7 Å². The molecule has 11 heteroatoms. The van der Waals surface area contributed by atoms with Gasteiger partial charge in [0, 0.05) is 27.5 Å². The maximum Gasteiger partial charge on any atom is 0.223 e. The number of imidazole rings is 1. The molecular weight excluding hydrogens is 519 g/mol. The zero-order valence-corrected chi connectivity index (χ0v) is 18.9. The number of fused-ring (bicyclic) bond motifs is 2. The van der Waals surface area contributed by atoms with Crippen molar-refractivity contribution in [2.45, 2.75) is 29.4 Å². The molecular formula is C19H19IN6O3S. The number of benzene rings is 1. The minimum Gasteiger partial charge on any atom is -0.486 e. The first kappa shape index (κ1) is 19.7. The molecule has 2 aliphatic rings. The van der Waals surface area contributed by atoms with Crippen LogP contribution in [0.4, 0.5) is 5.82 Å². The Kier molecular flexibility index (Phi) is 5.31. The first-order valence-corrected chi connectivity index (χ1v) is 11.5. The molecule has 0 spiro atoms. The van der Waals surface area contributed by atoms with E-state index >= 15 is 0 Å². The molecule has 3 N–H and O–H groups in total. The topological polar surface area (TPSA) is 117 Å². The molecule has 1 amide bonds. The molecule has 0 atom stereocenters. The zero-order chi connectivity index (χ0) is 20.7. The maximum atomic E-state index is 12.0. The summed E-state index contributed by atoms with van der Waals surface area (Å²) in [6, 6.07) is 3.93. The summed E-state index contributed by atoms with van der Waals surface area (Å²) in [5.41, 5.74) is 7.24. The molecule has 0 unspecified atom stereocenters. The SMILES string of the molecule is Nc1ncnc2c1nc(Sc1cc3c(cc1I)OCCO3)n2CCNC(=O)C1CC1. The summed E-state index contributed by atoms with van der Waals surface area (Å²) in [6.45, 7) is 2.12. The predicted molar refractivity (Wildman–Crippen MR) is 120 cm³/mol. The maximum absolute atomic E-state index is 12.0. The lowest BCUT2D eigenvalue weighted by Crippen LogP contribution is -2.28. The third-order valence-electron chi connectivity index (χ3n) is 4.91. The Bertz CT molecular complexity index is 1130. The van der Waals surface area contributed by atoms with Gasteiger partial charge in [-0.25, -0.2) is 15.0 Å². The summed E-state index contributed by atoms with van der Waals surface area (Å²) in [6.07, 6.45) is 3.39. The number of hydrogen-bond donors (Lipinski definition) is 2. The van der Waals surface area contributed by atoms with Crippen LogP contribution in [0.2, 0.25) is 0 Å². The van der Waals surface area contributed by atoms with E-state index in [9.17, 15) is 4.79 Å². The first-order chi connectivity index (χ1) is 14.6. The summed E-state index contributed by atoms with van der Waals surface area (Å²) in [5.74, 6) is 2.10. The molecule has 0 bridgehead atoms. The van der Waals surface area contributed by atoms with Crippen molar-refractivity contribution < 1.29 is 14.3 Å². The summed E-state index contributed by atoms with van der Waals surface area (Å²) < 4.78 is 14.4. The largest absolute Gasteiger partial charge is 0.486 e. The fourth-order valence-electron chi connectivity index (χ4n) is 3.22. The molecule has 9 nitrogen and oxygen atoms in total. The second kappa shape index (κ2) is 8.10. The van der Waals surface area contributed by atoms with Crippen molar-refractivity contribution in [2.24, 2.45) is 5.92 Å². The lowest BCUT2D eigenvalue weighted by molar-refractivity contribution is -0.122. The number of nitrogen functional groups attached to an aromatic ring is 1. The van der Waals surface area contributed by atoms with Crippen LogP contribution in [0.1, 0.15) is 12.8 Å². The molecule has 3 aromatic rings. The third-order valence-corrected chi connectivity index (χ3v) is 7.22. The normalized spacial score (nSPS) is 15.4. The van der Waals surface area contributed by atoms with Gasteiger partial charge in [-0.1, -0.05) is 11.8 Å². The summed E-state index contributed by atoms with van der Waals surface area (Å²) in [4.78, 5) is 26.1. The Morgan fingerprint density at radius 3 is 2.80 bits per heavy atom. The Morgan fingerprint density at radius 1 is 1.27 bits per heavy atom. The highest BCUT2D eigenvalue weighted by Gasteiger charge is 2.29. The fourth-order valence-corrected chi connectivity index (χ4v) is 4.93. The van der Waals surface area contributed by atoms with Crippen molar-refractivity contribution in [3.63, 3.8) is 0 Å². The van der Waals surface area contributed by atoms with Gasteiger partial charge in [-0.2, -0.15) is 0 Å². The smallest absolute Gasteiger partial charge is 0.223 e. The van der Waals surface area contributed by atoms with Crippen LogP contribution in [0.5, 0.6) is 11.5 Å². The van der Waals surface area contributed by atoms with Gasteiger partial charge in [0.2, 0.25) is 5.91 Å². The van der Waals surface area contributed by atoms with E-state index in [4.69, 9.17) is 20.2 Å². The van der Waals surface area contributed by atoms with E-state index in [2.05, 4.69) is 37.9 Å². The minimum atomic E-state index is 0.115. The number of amides is 1. The number of nitrogens with one attached hydrogen (secondary N) is 1. The van der Waals surface area contributed by atoms with Crippen molar-refractivity contribution in [1.82, 2.24) is 24.8 Å². The molecule has 1 fully saturated rings. The van der Waals surface area contributed by atoms with Crippen molar-refractivity contribution in [1.29, 1.82) is 0 Å². The molecule has 1 aliphatic carbocycles. The zero-order valence-electron chi connectivity index (χ0n) is 15.9. The number of anilines is 1. The Hall–Kier alpha value is -2.28. The Labute approximate surface area is 190 Å². The van der Waals surface area contributed by atoms with Gasteiger partial charge in [-0.15, -0.1) is 0 Å². The van der Waals surface area contributed by atoms with Gasteiger partial charge >= 0.3 is 0 Å². The average molecular weight is 538 g/mol. The molecule has 5 rings (SSSR count). The van der Waals surface area contributed by atoms with Crippen LogP contribution in [0.3, 0.4) is 0 Å². The van der Waals surface area contributed by atoms with Crippen LogP contribution in [-0.4, -0.2) is 45.2 Å². The molecule has 156 valence electrons. The average Bonchev–Trinajstić information content (AvgIpc) is 3.53. The number of hydrogen-bond acceptors (Lipinski definition) is 8. The predicted octanol–water partition coefficient (Wildman–Crippen LogP) is 2.46. The summed E-state index contributed by atoms with van der Waals surface area (Å²) in [7, 11) is 0. The van der Waals surface area contributed by atoms with Crippen LogP contribution >= 0.6 is 34.4 Å². The van der Waals surface area contributed by atoms with Crippen LogP contribution in [0, 0.1) is 9.49 Å². The molecule has 3 heterocycles. The van der Waals surface area contributed by atoms with E-state index in [-0.39, 0.29) is 11.8 Å². The van der Waals surface area contributed by atoms with Gasteiger partial charge < -0.3 is 25.1 Å². The fraction of sp³-hybridized carbons (Fsp3) is 0.368. The summed E-state index contributed by atoms with van der Waals surface area (Å²) >= 11 is 3.78. The number of aromatic nitrogens is 4. The van der Waals surface area contributed by atoms with Crippen molar-refractivity contribution in [3.05, 3.63) is 22.0 Å². The van der Waals surface area contributed by atoms with Gasteiger partial charge in [0.25, 0.3) is 0 Å². The molecule has 0 saturated heterocycles. The first-order valence-electron chi connectivity index (χ1n) is 9.61. The Balaban J connectivity index is 1.45. The number of ether oxygens (including phenoxy) is 2. The highest BCUT2D eigenvalue weighted by molar-refractivity contribution is 14.1. The third kappa shape index (κ3) is 3.87. The van der Waals surface area contributed by atoms with Crippen LogP contribution < -0.4 is 20.5 Å². The van der Waals surface area contributed by atoms with E-state index in [1.54, 1.807) is 0 Å². The van der Waals surface area contributed by atoms with Crippen molar-refractivity contribution in [3.8, 4) is 11.5 Å². The number of carbonyl (C=O) groups excluding carboxylic acids is 1. The minimum absolute atomic E-state index is 0.115. The highest BCUT2D eigenvalue weighted by Crippen LogP contribution is 2.40. The molecule has 1 saturated carbocycles. The van der Waals surface area contributed by atoms with E-state index < -0.39 is 0 Å². The quantitative estimate of drug-likeness (QED) is 0.460. The second-order valence-electron chi connectivity index (χ2n) is 7.07. The molecule has 2 aromatic heterocycles. The molecule has 1 aromatic carbocycles. The summed E-state index contributed by atoms with van der Waals surface area (Å²) in [5, 5.41) is 3.73. The number of nitrogens with zero attached hydrogens (tertiary/aromatic N) is 4. The van der Waals surface area contributed by atoms with Crippen LogP contribution in [-0.2, 0) is 11.3 Å². The molecule has 1 aliphatic heterocycles. The van der Waals surface area contributed by atoms with Gasteiger partial charge in [0.15, 0.2) is 33.6 Å². The lowest BCUT2D eigenvalue weighted by atomic mass is 10.3. The second-order valence-corrected chi connectivity index (χ2v) is 9.24. The molecule has 0 radical (unpaired) electrons. The van der Waals surface area contributed by atoms with Gasteiger partial charge in [-0.05, 0) is 47.6 Å². The monoisotopic (exact) mass is 538 g/mol. The van der Waals surface area contributed by atoms with Gasteiger partial charge in [-0.3, -0.25) is 4.79 Å².